The smallest absolute Gasteiger partial charge is 0.464 e. The number of hydrogen-bond acceptors (Lipinski definition) is 12. The van der Waals surface area contributed by atoms with Gasteiger partial charge in [0, 0.05) is 6.42 Å². The Kier molecular flexibility index (Phi) is 6.05. The Hall–Kier alpha value is -2.06. The number of carbonyl (C=O) groups is 1. The van der Waals surface area contributed by atoms with Crippen LogP contribution in [-0.4, -0.2) is 73.1 Å². The zero-order chi connectivity index (χ0) is 22.3. The van der Waals surface area contributed by atoms with Crippen molar-refractivity contribution in [2.24, 2.45) is 0 Å². The number of nitrogens with two attached hydrogens (primary N) is 1. The zero-order valence-corrected chi connectivity index (χ0v) is 17.6. The highest BCUT2D eigenvalue weighted by molar-refractivity contribution is 7.58. The lowest BCUT2D eigenvalue weighted by atomic mass is 10.1. The molecule has 2 aliphatic rings. The van der Waals surface area contributed by atoms with Crippen molar-refractivity contribution < 1.29 is 37.7 Å². The number of hydrogen-bond donors (Lipinski definition) is 4. The van der Waals surface area contributed by atoms with E-state index in [1.807, 2.05) is 0 Å². The van der Waals surface area contributed by atoms with Gasteiger partial charge >= 0.3 is 20.1 Å². The second-order valence-electron chi connectivity index (χ2n) is 7.21. The molecule has 0 bridgehead atoms. The van der Waals surface area contributed by atoms with Crippen LogP contribution in [0.5, 0.6) is 0 Å². The predicted molar refractivity (Wildman–Crippen MR) is 103 cm³/mol. The molecule has 4 heterocycles. The normalized spacial score (nSPS) is 31.5. The van der Waals surface area contributed by atoms with Gasteiger partial charge in [0.15, 0.2) is 29.3 Å². The van der Waals surface area contributed by atoms with E-state index < -0.39 is 44.8 Å². The maximum atomic E-state index is 13.6. The maximum absolute atomic E-state index is 13.6. The third kappa shape index (κ3) is 4.32. The standard InChI is InChI=1S/C16H23FN6O7P/c1-3-9(24)27-4-7(2)22-31(26)28-5-8-12(30-31)11(25)15(29-8)23-6-19-10-13(18)20-16(17)21-14(10)23/h6-8,11-12,15,22,25-26H,3-5H2,1-2H3,(H2,18,20,21)/q+1/t7?,8-,11+,12-,15-,31?/m1/s1. The molecule has 0 amide bonds. The molecule has 0 saturated carbocycles. The Labute approximate surface area is 176 Å². The number of nitrogens with one attached hydrogen (secondary N) is 1. The van der Waals surface area contributed by atoms with Crippen LogP contribution < -0.4 is 10.8 Å². The first-order valence-corrected chi connectivity index (χ1v) is 11.2. The molecule has 0 aliphatic carbocycles. The number of carbonyl (C=O) groups excluding carboxylic acids is 1. The monoisotopic (exact) mass is 461 g/mol. The summed E-state index contributed by atoms with van der Waals surface area (Å²) in [7, 11) is -3.57. The summed E-state index contributed by atoms with van der Waals surface area (Å²) in [5.74, 6) is -0.520. The molecule has 0 spiro atoms. The van der Waals surface area contributed by atoms with Gasteiger partial charge in [-0.2, -0.15) is 28.3 Å². The molecular formula is C16H23FN6O7P+. The molecule has 2 unspecified atom stereocenters. The van der Waals surface area contributed by atoms with Gasteiger partial charge in [-0.15, -0.1) is 5.09 Å². The minimum Gasteiger partial charge on any atom is -0.464 e. The van der Waals surface area contributed by atoms with Gasteiger partial charge in [0.25, 0.3) is 0 Å². The van der Waals surface area contributed by atoms with E-state index >= 15 is 0 Å². The van der Waals surface area contributed by atoms with Crippen molar-refractivity contribution >= 4 is 31.0 Å². The van der Waals surface area contributed by atoms with Crippen LogP contribution in [0.3, 0.4) is 0 Å². The van der Waals surface area contributed by atoms with Gasteiger partial charge < -0.3 is 20.3 Å². The molecule has 15 heteroatoms. The summed E-state index contributed by atoms with van der Waals surface area (Å²) in [6.07, 6.45) is -3.46. The van der Waals surface area contributed by atoms with Crippen molar-refractivity contribution in [3.05, 3.63) is 12.4 Å². The van der Waals surface area contributed by atoms with Crippen molar-refractivity contribution in [3.8, 4) is 0 Å². The van der Waals surface area contributed by atoms with Gasteiger partial charge in [-0.1, -0.05) is 6.92 Å². The molecule has 2 fully saturated rings. The van der Waals surface area contributed by atoms with E-state index in [1.54, 1.807) is 13.8 Å². The number of aliphatic hydroxyl groups is 1. The number of aromatic nitrogens is 4. The molecule has 2 aliphatic heterocycles. The predicted octanol–water partition coefficient (Wildman–Crippen LogP) is -0.177. The number of halogens is 1. The Morgan fingerprint density at radius 2 is 2.32 bits per heavy atom. The molecule has 2 saturated heterocycles. The molecule has 4 rings (SSSR count). The molecule has 2 aromatic heterocycles. The van der Waals surface area contributed by atoms with E-state index in [4.69, 9.17) is 24.3 Å². The number of imidazole rings is 1. The van der Waals surface area contributed by atoms with Crippen LogP contribution >= 0.6 is 8.09 Å². The Balaban J connectivity index is 1.47. The summed E-state index contributed by atoms with van der Waals surface area (Å²) in [5.41, 5.74) is 5.87. The van der Waals surface area contributed by atoms with Gasteiger partial charge in [0.1, 0.15) is 25.4 Å². The van der Waals surface area contributed by atoms with Gasteiger partial charge in [-0.25, -0.2) is 4.98 Å². The quantitative estimate of drug-likeness (QED) is 0.254. The van der Waals surface area contributed by atoms with E-state index in [1.165, 1.54) is 10.9 Å². The summed E-state index contributed by atoms with van der Waals surface area (Å²) in [5, 5.41) is 13.6. The molecule has 2 aromatic rings. The first-order chi connectivity index (χ1) is 14.7. The fourth-order valence-corrected chi connectivity index (χ4v) is 5.15. The van der Waals surface area contributed by atoms with Gasteiger partial charge in [0.05, 0.1) is 12.4 Å². The fraction of sp³-hybridized carbons (Fsp3) is 0.625. The van der Waals surface area contributed by atoms with Gasteiger partial charge in [-0.05, 0) is 6.92 Å². The summed E-state index contributed by atoms with van der Waals surface area (Å²) in [6.45, 7) is 3.28. The molecule has 0 radical (unpaired) electrons. The largest absolute Gasteiger partial charge is 0.499 e. The lowest BCUT2D eigenvalue weighted by molar-refractivity contribution is -0.143. The van der Waals surface area contributed by atoms with Crippen LogP contribution in [0.2, 0.25) is 0 Å². The average molecular weight is 461 g/mol. The molecular weight excluding hydrogens is 438 g/mol. The van der Waals surface area contributed by atoms with Crippen LogP contribution in [0, 0.1) is 6.08 Å². The number of aliphatic hydroxyl groups excluding tert-OH is 1. The summed E-state index contributed by atoms with van der Waals surface area (Å²) < 4.78 is 36.9. The second-order valence-corrected chi connectivity index (χ2v) is 8.98. The third-order valence-corrected chi connectivity index (χ3v) is 6.64. The number of anilines is 1. The lowest BCUT2D eigenvalue weighted by Gasteiger charge is -2.30. The van der Waals surface area contributed by atoms with Crippen LogP contribution in [0.25, 0.3) is 11.2 Å². The summed E-state index contributed by atoms with van der Waals surface area (Å²) >= 11 is 0. The van der Waals surface area contributed by atoms with Crippen LogP contribution in [0.1, 0.15) is 26.5 Å². The SMILES string of the molecule is CCC(=O)OCC(C)N[P+]1(O)OC[C@H]2O[C@@H](n3cnc4c(N)nc(F)nc43)[C@@H](O)[C@@H]2O1. The van der Waals surface area contributed by atoms with E-state index in [9.17, 15) is 19.2 Å². The maximum Gasteiger partial charge on any atom is 0.499 e. The third-order valence-electron chi connectivity index (χ3n) is 4.85. The van der Waals surface area contributed by atoms with E-state index in [-0.39, 0.29) is 42.6 Å². The highest BCUT2D eigenvalue weighted by atomic mass is 31.2. The van der Waals surface area contributed by atoms with Crippen molar-refractivity contribution in [1.29, 1.82) is 0 Å². The molecule has 13 nitrogen and oxygen atoms in total. The first kappa shape index (κ1) is 22.1. The van der Waals surface area contributed by atoms with Crippen LogP contribution in [0.15, 0.2) is 6.33 Å². The number of fused-ring (bicyclic) bond motifs is 2. The second kappa shape index (κ2) is 8.47. The van der Waals surface area contributed by atoms with Crippen LogP contribution in [-0.2, 0) is 23.3 Å². The molecule has 0 aromatic carbocycles. The van der Waals surface area contributed by atoms with Gasteiger partial charge in [0.2, 0.25) is 0 Å². The Morgan fingerprint density at radius 1 is 1.55 bits per heavy atom. The van der Waals surface area contributed by atoms with Crippen molar-refractivity contribution in [1.82, 2.24) is 24.6 Å². The molecule has 170 valence electrons. The Bertz CT molecular complexity index is 981. The van der Waals surface area contributed by atoms with E-state index in [0.29, 0.717) is 0 Å². The minimum atomic E-state index is -3.57. The highest BCUT2D eigenvalue weighted by Crippen LogP contribution is 2.59. The zero-order valence-electron chi connectivity index (χ0n) is 16.7. The summed E-state index contributed by atoms with van der Waals surface area (Å²) in [4.78, 5) is 33.2. The van der Waals surface area contributed by atoms with Crippen molar-refractivity contribution in [2.75, 3.05) is 18.9 Å². The minimum absolute atomic E-state index is 0.00515. The Morgan fingerprint density at radius 3 is 3.06 bits per heavy atom. The number of ether oxygens (including phenoxy) is 2. The number of nitrogen functional groups attached to an aromatic ring is 1. The highest BCUT2D eigenvalue weighted by Gasteiger charge is 2.60. The lowest BCUT2D eigenvalue weighted by Crippen LogP contribution is -2.45. The molecule has 5 N–H and O–H groups in total. The van der Waals surface area contributed by atoms with Crippen LogP contribution in [0.4, 0.5) is 10.2 Å². The average Bonchev–Trinajstić information content (AvgIpc) is 3.27. The van der Waals surface area contributed by atoms with E-state index in [0.717, 1.165) is 0 Å². The van der Waals surface area contributed by atoms with Crippen molar-refractivity contribution in [2.45, 2.75) is 50.8 Å². The van der Waals surface area contributed by atoms with Crippen molar-refractivity contribution in [3.63, 3.8) is 0 Å². The topological polar surface area (TPSA) is 176 Å². The fourth-order valence-electron chi connectivity index (χ4n) is 3.38. The first-order valence-electron chi connectivity index (χ1n) is 9.58. The molecule has 31 heavy (non-hydrogen) atoms. The summed E-state index contributed by atoms with van der Waals surface area (Å²) in [6, 6.07) is -0.471. The number of rotatable bonds is 6. The number of esters is 1. The number of nitrogens with zero attached hydrogens (tertiary/aromatic N) is 4. The van der Waals surface area contributed by atoms with E-state index in [2.05, 4.69) is 20.0 Å². The van der Waals surface area contributed by atoms with Gasteiger partial charge in [-0.3, -0.25) is 9.36 Å². The molecule has 6 atom stereocenters.